The van der Waals surface area contributed by atoms with E-state index in [1.165, 1.54) is 13.0 Å². The molecule has 0 aromatic heterocycles. The molecule has 1 N–H and O–H groups in total. The van der Waals surface area contributed by atoms with E-state index in [2.05, 4.69) is 5.32 Å². The van der Waals surface area contributed by atoms with Gasteiger partial charge in [-0.3, -0.25) is 19.7 Å². The molecule has 0 aliphatic heterocycles. The van der Waals surface area contributed by atoms with Gasteiger partial charge in [-0.2, -0.15) is 0 Å². The van der Waals surface area contributed by atoms with E-state index in [0.717, 1.165) is 0 Å². The average molecular weight is 312 g/mol. The number of nitro benzene ring substituents is 1. The van der Waals surface area contributed by atoms with E-state index < -0.39 is 4.92 Å². The number of nitro groups is 1. The predicted octanol–water partition coefficient (Wildman–Crippen LogP) is 3.37. The summed E-state index contributed by atoms with van der Waals surface area (Å²) in [6, 6.07) is 13.1. The van der Waals surface area contributed by atoms with Crippen LogP contribution in [0.15, 0.2) is 48.5 Å². The maximum absolute atomic E-state index is 12.0. The number of hydrogen-bond acceptors (Lipinski definition) is 4. The number of para-hydroxylation sites is 2. The number of Topliss-reactive ketones (excluding diaryl/α,β-unsaturated/α-hetero) is 1. The molecule has 0 atom stereocenters. The molecule has 1 amide bonds. The first-order chi connectivity index (χ1) is 11.0. The summed E-state index contributed by atoms with van der Waals surface area (Å²) in [5.41, 5.74) is 1.40. The second kappa shape index (κ2) is 7.31. The number of nitrogens with zero attached hydrogens (tertiary/aromatic N) is 1. The number of nitrogens with one attached hydrogen (secondary N) is 1. The van der Waals surface area contributed by atoms with Gasteiger partial charge in [-0.15, -0.1) is 0 Å². The van der Waals surface area contributed by atoms with Crippen molar-refractivity contribution in [3.8, 4) is 0 Å². The number of carbonyl (C=O) groups excluding carboxylic acids is 2. The summed E-state index contributed by atoms with van der Waals surface area (Å²) < 4.78 is 0. The lowest BCUT2D eigenvalue weighted by Crippen LogP contribution is -2.14. The minimum Gasteiger partial charge on any atom is -0.325 e. The Labute approximate surface area is 133 Å². The van der Waals surface area contributed by atoms with Crippen LogP contribution in [0.3, 0.4) is 0 Å². The van der Waals surface area contributed by atoms with Crippen LogP contribution < -0.4 is 5.32 Å². The average Bonchev–Trinajstić information content (AvgIpc) is 2.53. The van der Waals surface area contributed by atoms with E-state index >= 15 is 0 Å². The lowest BCUT2D eigenvalue weighted by atomic mass is 10.1. The molecule has 0 spiro atoms. The summed E-state index contributed by atoms with van der Waals surface area (Å²) in [7, 11) is 0. The second-order valence-corrected chi connectivity index (χ2v) is 5.04. The largest absolute Gasteiger partial charge is 0.325 e. The van der Waals surface area contributed by atoms with Gasteiger partial charge in [0.1, 0.15) is 0 Å². The van der Waals surface area contributed by atoms with E-state index in [4.69, 9.17) is 0 Å². The summed E-state index contributed by atoms with van der Waals surface area (Å²) in [6.45, 7) is 1.43. The Kier molecular flexibility index (Phi) is 5.19. The molecule has 118 valence electrons. The van der Waals surface area contributed by atoms with E-state index in [1.807, 2.05) is 0 Å². The van der Waals surface area contributed by atoms with Crippen molar-refractivity contribution in [3.63, 3.8) is 0 Å². The van der Waals surface area contributed by atoms with E-state index in [9.17, 15) is 19.7 Å². The molecule has 2 aromatic carbocycles. The first kappa shape index (κ1) is 16.4. The SMILES string of the molecule is CC(=O)c1ccccc1NC(=O)CCc1ccccc1[N+](=O)[O-]. The van der Waals surface area contributed by atoms with Crippen LogP contribution in [0.5, 0.6) is 0 Å². The van der Waals surface area contributed by atoms with Crippen molar-refractivity contribution in [2.45, 2.75) is 19.8 Å². The fourth-order valence-electron chi connectivity index (χ4n) is 2.26. The highest BCUT2D eigenvalue weighted by Gasteiger charge is 2.14. The van der Waals surface area contributed by atoms with Crippen molar-refractivity contribution in [1.82, 2.24) is 0 Å². The summed E-state index contributed by atoms with van der Waals surface area (Å²) in [4.78, 5) is 34.1. The van der Waals surface area contributed by atoms with Crippen molar-refractivity contribution >= 4 is 23.1 Å². The van der Waals surface area contributed by atoms with E-state index in [0.29, 0.717) is 16.8 Å². The fraction of sp³-hybridized carbons (Fsp3) is 0.176. The van der Waals surface area contributed by atoms with Crippen LogP contribution in [-0.2, 0) is 11.2 Å². The Balaban J connectivity index is 2.04. The van der Waals surface area contributed by atoms with Crippen molar-refractivity contribution in [2.75, 3.05) is 5.32 Å². The predicted molar refractivity (Wildman–Crippen MR) is 86.5 cm³/mol. The van der Waals surface area contributed by atoms with Crippen LogP contribution in [0, 0.1) is 10.1 Å². The lowest BCUT2D eigenvalue weighted by Gasteiger charge is -2.09. The minimum atomic E-state index is -0.460. The number of rotatable bonds is 6. The van der Waals surface area contributed by atoms with E-state index in [-0.39, 0.29) is 30.2 Å². The van der Waals surface area contributed by atoms with Gasteiger partial charge in [0.25, 0.3) is 5.69 Å². The highest BCUT2D eigenvalue weighted by atomic mass is 16.6. The number of carbonyl (C=O) groups is 2. The molecule has 0 bridgehead atoms. The Hall–Kier alpha value is -3.02. The van der Waals surface area contributed by atoms with Gasteiger partial charge < -0.3 is 5.32 Å². The maximum Gasteiger partial charge on any atom is 0.272 e. The number of amides is 1. The highest BCUT2D eigenvalue weighted by Crippen LogP contribution is 2.20. The van der Waals surface area contributed by atoms with Crippen LogP contribution in [-0.4, -0.2) is 16.6 Å². The monoisotopic (exact) mass is 312 g/mol. The van der Waals surface area contributed by atoms with Crippen molar-refractivity contribution in [3.05, 3.63) is 69.8 Å². The number of benzene rings is 2. The molecular formula is C17H16N2O4. The van der Waals surface area contributed by atoms with Gasteiger partial charge in [0.2, 0.25) is 5.91 Å². The zero-order valence-corrected chi connectivity index (χ0v) is 12.6. The number of aryl methyl sites for hydroxylation is 1. The molecule has 0 aliphatic carbocycles. The molecule has 0 heterocycles. The molecule has 2 aromatic rings. The Morgan fingerprint density at radius 3 is 2.43 bits per heavy atom. The van der Waals surface area contributed by atoms with Gasteiger partial charge in [-0.25, -0.2) is 0 Å². The van der Waals surface area contributed by atoms with Gasteiger partial charge in [-0.1, -0.05) is 30.3 Å². The zero-order valence-electron chi connectivity index (χ0n) is 12.6. The van der Waals surface area contributed by atoms with Gasteiger partial charge in [-0.05, 0) is 25.5 Å². The molecular weight excluding hydrogens is 296 g/mol. The third kappa shape index (κ3) is 4.23. The molecule has 6 nitrogen and oxygen atoms in total. The zero-order chi connectivity index (χ0) is 16.8. The van der Waals surface area contributed by atoms with Gasteiger partial charge in [0.15, 0.2) is 5.78 Å². The summed E-state index contributed by atoms with van der Waals surface area (Å²) in [5.74, 6) is -0.434. The molecule has 0 saturated heterocycles. The quantitative estimate of drug-likeness (QED) is 0.503. The summed E-state index contributed by atoms with van der Waals surface area (Å²) >= 11 is 0. The third-order valence-electron chi connectivity index (χ3n) is 3.39. The number of ketones is 1. The Morgan fingerprint density at radius 2 is 1.74 bits per heavy atom. The van der Waals surface area contributed by atoms with Gasteiger partial charge in [0, 0.05) is 23.6 Å². The maximum atomic E-state index is 12.0. The van der Waals surface area contributed by atoms with Crippen LogP contribution in [0.2, 0.25) is 0 Å². The summed E-state index contributed by atoms with van der Waals surface area (Å²) in [5, 5.41) is 13.6. The normalized spacial score (nSPS) is 10.1. The van der Waals surface area contributed by atoms with Gasteiger partial charge >= 0.3 is 0 Å². The molecule has 0 saturated carbocycles. The minimum absolute atomic E-state index is 0.00411. The van der Waals surface area contributed by atoms with Crippen LogP contribution in [0.1, 0.15) is 29.3 Å². The molecule has 0 radical (unpaired) electrons. The topological polar surface area (TPSA) is 89.3 Å². The summed E-state index contributed by atoms with van der Waals surface area (Å²) in [6.07, 6.45) is 0.350. The lowest BCUT2D eigenvalue weighted by molar-refractivity contribution is -0.385. The first-order valence-corrected chi connectivity index (χ1v) is 7.11. The van der Waals surface area contributed by atoms with E-state index in [1.54, 1.807) is 42.5 Å². The smallest absolute Gasteiger partial charge is 0.272 e. The molecule has 0 aliphatic rings. The number of hydrogen-bond donors (Lipinski definition) is 1. The van der Waals surface area contributed by atoms with Crippen LogP contribution >= 0.6 is 0 Å². The fourth-order valence-corrected chi connectivity index (χ4v) is 2.26. The van der Waals surface area contributed by atoms with Crippen LogP contribution in [0.25, 0.3) is 0 Å². The highest BCUT2D eigenvalue weighted by molar-refractivity contribution is 6.03. The molecule has 6 heteroatoms. The van der Waals surface area contributed by atoms with Gasteiger partial charge in [0.05, 0.1) is 10.6 Å². The Bertz CT molecular complexity index is 756. The van der Waals surface area contributed by atoms with Crippen molar-refractivity contribution in [2.24, 2.45) is 0 Å². The van der Waals surface area contributed by atoms with Crippen molar-refractivity contribution in [1.29, 1.82) is 0 Å². The standard InChI is InChI=1S/C17H16N2O4/c1-12(20)14-7-3-4-8-15(14)18-17(21)11-10-13-6-2-5-9-16(13)19(22)23/h2-9H,10-11H2,1H3,(H,18,21). The number of anilines is 1. The molecule has 23 heavy (non-hydrogen) atoms. The molecule has 0 fully saturated rings. The van der Waals surface area contributed by atoms with Crippen molar-refractivity contribution < 1.29 is 14.5 Å². The van der Waals surface area contributed by atoms with Crippen LogP contribution in [0.4, 0.5) is 11.4 Å². The molecule has 0 unspecified atom stereocenters. The third-order valence-corrected chi connectivity index (χ3v) is 3.39. The Morgan fingerprint density at radius 1 is 1.09 bits per heavy atom. The molecule has 2 rings (SSSR count). The second-order valence-electron chi connectivity index (χ2n) is 5.04. The first-order valence-electron chi connectivity index (χ1n) is 7.11.